The third kappa shape index (κ3) is 5.25. The maximum absolute atomic E-state index is 6.00. The summed E-state index contributed by atoms with van der Waals surface area (Å²) in [6.45, 7) is 10.6. The molecule has 2 aliphatic rings. The summed E-state index contributed by atoms with van der Waals surface area (Å²) in [5.41, 5.74) is 1.34. The molecule has 0 aliphatic carbocycles. The highest BCUT2D eigenvalue weighted by Gasteiger charge is 2.32. The molecule has 0 aromatic heterocycles. The largest absolute Gasteiger partial charge is 0.375 e. The maximum atomic E-state index is 6.00. The van der Waals surface area contributed by atoms with Crippen LogP contribution < -0.4 is 5.32 Å². The summed E-state index contributed by atoms with van der Waals surface area (Å²) in [5, 5.41) is 3.64. The molecule has 0 radical (unpaired) electrons. The van der Waals surface area contributed by atoms with Gasteiger partial charge in [0.25, 0.3) is 0 Å². The second-order valence-corrected chi connectivity index (χ2v) is 7.48. The summed E-state index contributed by atoms with van der Waals surface area (Å²) in [7, 11) is 1.87. The average molecular weight is 389 g/mol. The van der Waals surface area contributed by atoms with Crippen molar-refractivity contribution in [3.63, 3.8) is 0 Å². The fraction of sp³-hybridized carbons (Fsp3) is 0.682. The van der Waals surface area contributed by atoms with E-state index in [-0.39, 0.29) is 12.2 Å². The quantitative estimate of drug-likeness (QED) is 0.575. The van der Waals surface area contributed by atoms with Gasteiger partial charge in [-0.05, 0) is 31.5 Å². The van der Waals surface area contributed by atoms with Gasteiger partial charge in [-0.3, -0.25) is 9.89 Å². The molecular weight excluding hydrogens is 352 g/mol. The fourth-order valence-electron chi connectivity index (χ4n) is 4.31. The van der Waals surface area contributed by atoms with E-state index in [1.165, 1.54) is 5.56 Å². The topological polar surface area (TPSA) is 49.3 Å². The Labute approximate surface area is 169 Å². The Morgan fingerprint density at radius 2 is 1.93 bits per heavy atom. The average Bonchev–Trinajstić information content (AvgIpc) is 3.29. The highest BCUT2D eigenvalue weighted by atomic mass is 16.5. The molecule has 0 saturated carbocycles. The highest BCUT2D eigenvalue weighted by molar-refractivity contribution is 5.80. The highest BCUT2D eigenvalue weighted by Crippen LogP contribution is 2.22. The second-order valence-electron chi connectivity index (χ2n) is 7.48. The molecule has 1 aromatic carbocycles. The first-order valence-electron chi connectivity index (χ1n) is 10.7. The van der Waals surface area contributed by atoms with Gasteiger partial charge in [0.2, 0.25) is 0 Å². The molecule has 0 spiro atoms. The number of aliphatic imine (C=N–C) groups is 1. The van der Waals surface area contributed by atoms with Gasteiger partial charge in [0.1, 0.15) is 6.10 Å². The predicted molar refractivity (Wildman–Crippen MR) is 114 cm³/mol. The van der Waals surface area contributed by atoms with E-state index >= 15 is 0 Å². The molecule has 2 saturated heterocycles. The van der Waals surface area contributed by atoms with Crippen LogP contribution in [0.3, 0.4) is 0 Å². The van der Waals surface area contributed by atoms with Crippen molar-refractivity contribution in [2.75, 3.05) is 53.0 Å². The molecule has 1 N–H and O–H groups in total. The van der Waals surface area contributed by atoms with E-state index < -0.39 is 0 Å². The van der Waals surface area contributed by atoms with Gasteiger partial charge in [-0.1, -0.05) is 44.2 Å². The lowest BCUT2D eigenvalue weighted by molar-refractivity contribution is -0.0817. The first kappa shape index (κ1) is 21.1. The molecule has 3 unspecified atom stereocenters. The van der Waals surface area contributed by atoms with E-state index in [2.05, 4.69) is 64.3 Å². The van der Waals surface area contributed by atoms with E-state index in [0.29, 0.717) is 6.04 Å². The molecule has 3 atom stereocenters. The van der Waals surface area contributed by atoms with Gasteiger partial charge in [-0.25, -0.2) is 0 Å². The van der Waals surface area contributed by atoms with Crippen molar-refractivity contribution in [2.24, 2.45) is 4.99 Å². The Morgan fingerprint density at radius 1 is 1.18 bits per heavy atom. The SMILES string of the molecule is CCN(CC)C(CNC(=NC)N1CCOC(C2CCCO2)C1)c1ccccc1. The number of rotatable bonds is 7. The van der Waals surface area contributed by atoms with Crippen molar-refractivity contribution in [1.82, 2.24) is 15.1 Å². The molecule has 6 nitrogen and oxygen atoms in total. The molecule has 1 aromatic rings. The fourth-order valence-corrected chi connectivity index (χ4v) is 4.31. The number of likely N-dealkylation sites (N-methyl/N-ethyl adjacent to an activating group) is 1. The molecule has 156 valence electrons. The molecule has 2 heterocycles. The normalized spacial score (nSPS) is 24.6. The van der Waals surface area contributed by atoms with E-state index in [4.69, 9.17) is 9.47 Å². The lowest BCUT2D eigenvalue weighted by Gasteiger charge is -2.38. The van der Waals surface area contributed by atoms with E-state index in [9.17, 15) is 0 Å². The van der Waals surface area contributed by atoms with Crippen LogP contribution in [0.1, 0.15) is 38.3 Å². The third-order valence-electron chi connectivity index (χ3n) is 5.88. The minimum absolute atomic E-state index is 0.141. The predicted octanol–water partition coefficient (Wildman–Crippen LogP) is 2.52. The number of morpholine rings is 1. The van der Waals surface area contributed by atoms with Crippen LogP contribution in [0.4, 0.5) is 0 Å². The molecule has 2 fully saturated rings. The Morgan fingerprint density at radius 3 is 2.57 bits per heavy atom. The Hall–Kier alpha value is -1.63. The summed E-state index contributed by atoms with van der Waals surface area (Å²) in [4.78, 5) is 9.38. The minimum Gasteiger partial charge on any atom is -0.375 e. The second kappa shape index (κ2) is 10.8. The van der Waals surface area contributed by atoms with Crippen LogP contribution in [-0.4, -0.2) is 81.0 Å². The van der Waals surface area contributed by atoms with Crippen molar-refractivity contribution < 1.29 is 9.47 Å². The van der Waals surface area contributed by atoms with E-state index in [1.807, 2.05) is 7.05 Å². The number of hydrogen-bond acceptors (Lipinski definition) is 4. The third-order valence-corrected chi connectivity index (χ3v) is 5.88. The minimum atomic E-state index is 0.141. The molecule has 28 heavy (non-hydrogen) atoms. The summed E-state index contributed by atoms with van der Waals surface area (Å²) in [6.07, 6.45) is 2.61. The van der Waals surface area contributed by atoms with E-state index in [0.717, 1.165) is 64.7 Å². The van der Waals surface area contributed by atoms with Crippen LogP contribution in [0, 0.1) is 0 Å². The molecule has 0 bridgehead atoms. The van der Waals surface area contributed by atoms with Crippen molar-refractivity contribution in [3.05, 3.63) is 35.9 Å². The van der Waals surface area contributed by atoms with Gasteiger partial charge in [-0.15, -0.1) is 0 Å². The number of nitrogens with zero attached hydrogens (tertiary/aromatic N) is 3. The van der Waals surface area contributed by atoms with Crippen molar-refractivity contribution >= 4 is 5.96 Å². The number of benzene rings is 1. The number of nitrogens with one attached hydrogen (secondary N) is 1. The zero-order valence-corrected chi connectivity index (χ0v) is 17.6. The monoisotopic (exact) mass is 388 g/mol. The van der Waals surface area contributed by atoms with Gasteiger partial charge < -0.3 is 19.7 Å². The Bertz CT molecular complexity index is 600. The first-order chi connectivity index (χ1) is 13.8. The van der Waals surface area contributed by atoms with E-state index in [1.54, 1.807) is 0 Å². The standard InChI is InChI=1S/C22H36N4O2/c1-4-25(5-2)19(18-10-7-6-8-11-18)16-24-22(23-3)26-13-15-28-21(17-26)20-12-9-14-27-20/h6-8,10-11,19-21H,4-5,9,12-17H2,1-3H3,(H,23,24). The molecular formula is C22H36N4O2. The van der Waals surface area contributed by atoms with Gasteiger partial charge in [0.15, 0.2) is 5.96 Å². The van der Waals surface area contributed by atoms with Crippen molar-refractivity contribution in [2.45, 2.75) is 44.9 Å². The Kier molecular flexibility index (Phi) is 8.13. The van der Waals surface area contributed by atoms with Crippen molar-refractivity contribution in [3.8, 4) is 0 Å². The Balaban J connectivity index is 1.63. The van der Waals surface area contributed by atoms with Crippen LogP contribution in [0.5, 0.6) is 0 Å². The lowest BCUT2D eigenvalue weighted by atomic mass is 10.1. The smallest absolute Gasteiger partial charge is 0.193 e. The number of guanidine groups is 1. The summed E-state index contributed by atoms with van der Waals surface area (Å²) >= 11 is 0. The summed E-state index contributed by atoms with van der Waals surface area (Å²) < 4.78 is 11.8. The maximum Gasteiger partial charge on any atom is 0.193 e. The van der Waals surface area contributed by atoms with Crippen LogP contribution in [-0.2, 0) is 9.47 Å². The van der Waals surface area contributed by atoms with Crippen molar-refractivity contribution in [1.29, 1.82) is 0 Å². The molecule has 3 rings (SSSR count). The van der Waals surface area contributed by atoms with Crippen LogP contribution in [0.2, 0.25) is 0 Å². The summed E-state index contributed by atoms with van der Waals surface area (Å²) in [6, 6.07) is 11.1. The zero-order valence-electron chi connectivity index (χ0n) is 17.6. The van der Waals surface area contributed by atoms with Crippen LogP contribution in [0.15, 0.2) is 35.3 Å². The van der Waals surface area contributed by atoms with Gasteiger partial charge in [0.05, 0.1) is 18.8 Å². The number of hydrogen-bond donors (Lipinski definition) is 1. The molecule has 2 aliphatic heterocycles. The zero-order chi connectivity index (χ0) is 19.8. The van der Waals surface area contributed by atoms with Gasteiger partial charge in [0, 0.05) is 33.3 Å². The van der Waals surface area contributed by atoms with Gasteiger partial charge in [-0.2, -0.15) is 0 Å². The van der Waals surface area contributed by atoms with Crippen LogP contribution in [0.25, 0.3) is 0 Å². The lowest BCUT2D eigenvalue weighted by Crippen LogP contribution is -2.54. The number of ether oxygens (including phenoxy) is 2. The van der Waals surface area contributed by atoms with Gasteiger partial charge >= 0.3 is 0 Å². The molecule has 0 amide bonds. The van der Waals surface area contributed by atoms with Crippen LogP contribution >= 0.6 is 0 Å². The summed E-state index contributed by atoms with van der Waals surface area (Å²) in [5.74, 6) is 0.958. The molecule has 6 heteroatoms. The first-order valence-corrected chi connectivity index (χ1v) is 10.7.